The van der Waals surface area contributed by atoms with Gasteiger partial charge < -0.3 is 5.32 Å². The van der Waals surface area contributed by atoms with Gasteiger partial charge in [0.1, 0.15) is 4.83 Å². The molecule has 2 aromatic heterocycles. The van der Waals surface area contributed by atoms with Crippen molar-refractivity contribution in [3.05, 3.63) is 50.6 Å². The molecule has 130 valence electrons. The lowest BCUT2D eigenvalue weighted by molar-refractivity contribution is 0.696. The molecule has 1 aromatic carbocycles. The third-order valence-corrected chi connectivity index (χ3v) is 6.20. The summed E-state index contributed by atoms with van der Waals surface area (Å²) < 4.78 is 1.76. The quantitative estimate of drug-likeness (QED) is 0.742. The number of aryl methyl sites for hydroxylation is 3. The maximum Gasteiger partial charge on any atom is 0.263 e. The second kappa shape index (κ2) is 6.64. The van der Waals surface area contributed by atoms with Crippen molar-refractivity contribution in [3.8, 4) is 0 Å². The van der Waals surface area contributed by atoms with Crippen LogP contribution in [-0.2, 0) is 25.8 Å². The summed E-state index contributed by atoms with van der Waals surface area (Å²) in [5, 5.41) is 4.20. The topological polar surface area (TPSA) is 46.9 Å². The van der Waals surface area contributed by atoms with Crippen LogP contribution in [0.25, 0.3) is 10.2 Å². The van der Waals surface area contributed by atoms with Crippen molar-refractivity contribution in [1.29, 1.82) is 0 Å². The fraction of sp³-hybridized carbons (Fsp3) is 0.400. The van der Waals surface area contributed by atoms with Crippen molar-refractivity contribution < 1.29 is 0 Å². The Labute approximate surface area is 151 Å². The molecular formula is C20H23N3OS. The molecule has 1 aliphatic rings. The average Bonchev–Trinajstić information content (AvgIpc) is 3.01. The van der Waals surface area contributed by atoms with E-state index in [2.05, 4.69) is 36.5 Å². The standard InChI is InChI=1S/C20H23N3OS/c1-3-13-9-11-14(12-10-13)21-20-22-18-17(19(24)23(20)4-2)15-7-5-6-8-16(15)25-18/h9-12H,3-8H2,1-2H3,(H,21,22). The molecule has 0 bridgehead atoms. The third kappa shape index (κ3) is 2.86. The van der Waals surface area contributed by atoms with E-state index in [0.717, 1.165) is 35.2 Å². The van der Waals surface area contributed by atoms with Crippen molar-refractivity contribution >= 4 is 33.2 Å². The van der Waals surface area contributed by atoms with E-state index >= 15 is 0 Å². The van der Waals surface area contributed by atoms with Crippen LogP contribution in [-0.4, -0.2) is 9.55 Å². The Morgan fingerprint density at radius 2 is 1.92 bits per heavy atom. The number of hydrogen-bond donors (Lipinski definition) is 1. The summed E-state index contributed by atoms with van der Waals surface area (Å²) in [6.07, 6.45) is 5.51. The van der Waals surface area contributed by atoms with E-state index in [0.29, 0.717) is 12.5 Å². The first-order valence-electron chi connectivity index (χ1n) is 9.12. The molecule has 25 heavy (non-hydrogen) atoms. The molecule has 0 unspecified atom stereocenters. The zero-order valence-corrected chi connectivity index (χ0v) is 15.6. The number of thiophene rings is 1. The second-order valence-corrected chi connectivity index (χ2v) is 7.63. The summed E-state index contributed by atoms with van der Waals surface area (Å²) in [6.45, 7) is 4.76. The molecule has 1 aliphatic carbocycles. The van der Waals surface area contributed by atoms with Gasteiger partial charge in [0, 0.05) is 17.1 Å². The van der Waals surface area contributed by atoms with Crippen molar-refractivity contribution in [1.82, 2.24) is 9.55 Å². The van der Waals surface area contributed by atoms with Gasteiger partial charge in [0.2, 0.25) is 5.95 Å². The van der Waals surface area contributed by atoms with Crippen molar-refractivity contribution in [2.24, 2.45) is 0 Å². The predicted molar refractivity (Wildman–Crippen MR) is 105 cm³/mol. The first-order chi connectivity index (χ1) is 12.2. The first-order valence-corrected chi connectivity index (χ1v) is 9.94. The lowest BCUT2D eigenvalue weighted by Gasteiger charge is -2.13. The lowest BCUT2D eigenvalue weighted by Crippen LogP contribution is -2.23. The van der Waals surface area contributed by atoms with Gasteiger partial charge in [-0.15, -0.1) is 11.3 Å². The van der Waals surface area contributed by atoms with E-state index in [1.165, 1.54) is 28.8 Å². The summed E-state index contributed by atoms with van der Waals surface area (Å²) in [7, 11) is 0. The molecule has 4 nitrogen and oxygen atoms in total. The van der Waals surface area contributed by atoms with Gasteiger partial charge in [-0.1, -0.05) is 19.1 Å². The highest BCUT2D eigenvalue weighted by Gasteiger charge is 2.21. The molecule has 0 amide bonds. The predicted octanol–water partition coefficient (Wildman–Crippen LogP) is 4.66. The minimum Gasteiger partial charge on any atom is -0.325 e. The molecule has 5 heteroatoms. The van der Waals surface area contributed by atoms with Crippen molar-refractivity contribution in [3.63, 3.8) is 0 Å². The largest absolute Gasteiger partial charge is 0.325 e. The van der Waals surface area contributed by atoms with Gasteiger partial charge in [0.05, 0.1) is 5.39 Å². The lowest BCUT2D eigenvalue weighted by atomic mass is 9.97. The number of hydrogen-bond acceptors (Lipinski definition) is 4. The Balaban J connectivity index is 1.81. The monoisotopic (exact) mass is 353 g/mol. The Morgan fingerprint density at radius 3 is 2.64 bits per heavy atom. The number of anilines is 2. The number of rotatable bonds is 4. The van der Waals surface area contributed by atoms with E-state index < -0.39 is 0 Å². The van der Waals surface area contributed by atoms with Crippen LogP contribution >= 0.6 is 11.3 Å². The molecule has 0 spiro atoms. The van der Waals surface area contributed by atoms with Crippen LogP contribution in [0.15, 0.2) is 29.1 Å². The Hall–Kier alpha value is -2.14. The van der Waals surface area contributed by atoms with E-state index in [9.17, 15) is 4.79 Å². The highest BCUT2D eigenvalue weighted by Crippen LogP contribution is 2.34. The van der Waals surface area contributed by atoms with Gasteiger partial charge in [-0.25, -0.2) is 4.98 Å². The zero-order valence-electron chi connectivity index (χ0n) is 14.8. The Morgan fingerprint density at radius 1 is 1.16 bits per heavy atom. The molecular weight excluding hydrogens is 330 g/mol. The molecule has 0 saturated carbocycles. The van der Waals surface area contributed by atoms with Gasteiger partial charge >= 0.3 is 0 Å². The van der Waals surface area contributed by atoms with Crippen LogP contribution in [0.5, 0.6) is 0 Å². The fourth-order valence-corrected chi connectivity index (χ4v) is 4.83. The smallest absolute Gasteiger partial charge is 0.263 e. The van der Waals surface area contributed by atoms with Crippen LogP contribution in [0, 0.1) is 0 Å². The molecule has 4 rings (SSSR count). The number of nitrogens with one attached hydrogen (secondary N) is 1. The van der Waals surface area contributed by atoms with Crippen molar-refractivity contribution in [2.45, 2.75) is 52.5 Å². The van der Waals surface area contributed by atoms with Crippen molar-refractivity contribution in [2.75, 3.05) is 5.32 Å². The Bertz CT molecular complexity index is 969. The van der Waals surface area contributed by atoms with Crippen LogP contribution in [0.1, 0.15) is 42.7 Å². The van der Waals surface area contributed by atoms with Crippen LogP contribution in [0.4, 0.5) is 11.6 Å². The molecule has 0 radical (unpaired) electrons. The van der Waals surface area contributed by atoms with E-state index in [4.69, 9.17) is 4.98 Å². The van der Waals surface area contributed by atoms with Crippen LogP contribution in [0.3, 0.4) is 0 Å². The summed E-state index contributed by atoms with van der Waals surface area (Å²) in [5.41, 5.74) is 3.61. The average molecular weight is 353 g/mol. The second-order valence-electron chi connectivity index (χ2n) is 6.55. The third-order valence-electron chi connectivity index (χ3n) is 5.01. The van der Waals surface area contributed by atoms with E-state index in [1.54, 1.807) is 15.9 Å². The summed E-state index contributed by atoms with van der Waals surface area (Å²) in [5.74, 6) is 0.642. The van der Waals surface area contributed by atoms with Gasteiger partial charge in [-0.3, -0.25) is 9.36 Å². The van der Waals surface area contributed by atoms with Gasteiger partial charge in [-0.2, -0.15) is 0 Å². The maximum absolute atomic E-state index is 13.1. The molecule has 0 saturated heterocycles. The van der Waals surface area contributed by atoms with Crippen LogP contribution < -0.4 is 10.9 Å². The summed E-state index contributed by atoms with van der Waals surface area (Å²) in [4.78, 5) is 20.2. The normalized spacial score (nSPS) is 13.8. The first kappa shape index (κ1) is 16.3. The summed E-state index contributed by atoms with van der Waals surface area (Å²) in [6, 6.07) is 8.32. The van der Waals surface area contributed by atoms with Gasteiger partial charge in [0.15, 0.2) is 0 Å². The number of benzene rings is 1. The molecule has 3 aromatic rings. The molecule has 0 atom stereocenters. The number of nitrogens with zero attached hydrogens (tertiary/aromatic N) is 2. The molecule has 0 fully saturated rings. The van der Waals surface area contributed by atoms with E-state index in [-0.39, 0.29) is 5.56 Å². The maximum atomic E-state index is 13.1. The molecule has 2 heterocycles. The van der Waals surface area contributed by atoms with E-state index in [1.807, 2.05) is 6.92 Å². The highest BCUT2D eigenvalue weighted by atomic mass is 32.1. The Kier molecular flexibility index (Phi) is 4.34. The number of fused-ring (bicyclic) bond motifs is 3. The zero-order chi connectivity index (χ0) is 17.4. The van der Waals surface area contributed by atoms with Gasteiger partial charge in [0.25, 0.3) is 5.56 Å². The minimum absolute atomic E-state index is 0.0968. The minimum atomic E-state index is 0.0968. The highest BCUT2D eigenvalue weighted by molar-refractivity contribution is 7.18. The fourth-order valence-electron chi connectivity index (χ4n) is 3.58. The summed E-state index contributed by atoms with van der Waals surface area (Å²) >= 11 is 1.70. The van der Waals surface area contributed by atoms with Crippen LogP contribution in [0.2, 0.25) is 0 Å². The molecule has 0 aliphatic heterocycles. The SMILES string of the molecule is CCc1ccc(Nc2nc3sc4c(c3c(=O)n2CC)CCCC4)cc1. The molecule has 1 N–H and O–H groups in total. The number of aromatic nitrogens is 2. The van der Waals surface area contributed by atoms with Gasteiger partial charge in [-0.05, 0) is 62.3 Å².